The summed E-state index contributed by atoms with van der Waals surface area (Å²) in [5.41, 5.74) is 7.34. The highest BCUT2D eigenvalue weighted by Gasteiger charge is 2.40. The first-order valence-corrected chi connectivity index (χ1v) is 13.3. The zero-order valence-corrected chi connectivity index (χ0v) is 21.8. The number of likely N-dealkylation sites (tertiary alicyclic amines) is 1. The van der Waals surface area contributed by atoms with Gasteiger partial charge in [-0.2, -0.15) is 0 Å². The fourth-order valence-corrected chi connectivity index (χ4v) is 6.21. The van der Waals surface area contributed by atoms with Gasteiger partial charge < -0.3 is 9.47 Å². The summed E-state index contributed by atoms with van der Waals surface area (Å²) in [5.74, 6) is 1.49. The number of nitrogens with zero attached hydrogens (tertiary/aromatic N) is 6. The predicted octanol–water partition coefficient (Wildman–Crippen LogP) is 5.76. The second-order valence-corrected chi connectivity index (χ2v) is 11.4. The lowest BCUT2D eigenvalue weighted by atomic mass is 9.87. The number of anilines is 1. The van der Waals surface area contributed by atoms with E-state index in [9.17, 15) is 4.79 Å². The van der Waals surface area contributed by atoms with Crippen molar-refractivity contribution in [3.63, 3.8) is 0 Å². The van der Waals surface area contributed by atoms with Crippen LogP contribution in [-0.2, 0) is 11.3 Å². The molecule has 38 heavy (non-hydrogen) atoms. The molecule has 0 bridgehead atoms. The van der Waals surface area contributed by atoms with E-state index in [0.717, 1.165) is 59.2 Å². The van der Waals surface area contributed by atoms with Crippen molar-refractivity contribution in [2.45, 2.75) is 38.8 Å². The van der Waals surface area contributed by atoms with Crippen molar-refractivity contribution in [1.29, 1.82) is 0 Å². The van der Waals surface area contributed by atoms with Gasteiger partial charge >= 0.3 is 0 Å². The second kappa shape index (κ2) is 8.44. The van der Waals surface area contributed by atoms with Crippen LogP contribution < -0.4 is 4.90 Å². The summed E-state index contributed by atoms with van der Waals surface area (Å²) in [6.45, 7) is 15.4. The van der Waals surface area contributed by atoms with Gasteiger partial charge in [0.25, 0.3) is 0 Å². The highest BCUT2D eigenvalue weighted by Crippen LogP contribution is 2.37. The Hall–Kier alpha value is -4.15. The van der Waals surface area contributed by atoms with Crippen LogP contribution in [-0.4, -0.2) is 50.1 Å². The lowest BCUT2D eigenvalue weighted by molar-refractivity contribution is -0.117. The fourth-order valence-electron chi connectivity index (χ4n) is 6.21. The lowest BCUT2D eigenvalue weighted by Gasteiger charge is -2.49. The number of rotatable bonds is 4. The number of amides is 1. The molecule has 3 aliphatic rings. The van der Waals surface area contributed by atoms with Crippen LogP contribution in [0, 0.1) is 12.5 Å². The molecule has 2 fully saturated rings. The van der Waals surface area contributed by atoms with Crippen LogP contribution in [0.25, 0.3) is 33.2 Å². The number of carbonyl (C=O) groups excluding carboxylic acids is 1. The van der Waals surface area contributed by atoms with Crippen LogP contribution in [0.1, 0.15) is 32.3 Å². The van der Waals surface area contributed by atoms with Crippen LogP contribution >= 0.6 is 0 Å². The maximum Gasteiger partial charge on any atom is 0.227 e. The summed E-state index contributed by atoms with van der Waals surface area (Å²) in [6, 6.07) is 16.3. The molecule has 2 aromatic heterocycles. The first kappa shape index (κ1) is 23.0. The number of imidazole rings is 1. The van der Waals surface area contributed by atoms with E-state index in [0.29, 0.717) is 24.6 Å². The molecular weight excluding hydrogens is 472 g/mol. The summed E-state index contributed by atoms with van der Waals surface area (Å²) >= 11 is 0. The third-order valence-electron chi connectivity index (χ3n) is 8.60. The zero-order valence-electron chi connectivity index (χ0n) is 21.8. The van der Waals surface area contributed by atoms with E-state index in [1.165, 1.54) is 6.42 Å². The molecule has 7 nitrogen and oxygen atoms in total. The van der Waals surface area contributed by atoms with Crippen molar-refractivity contribution in [1.82, 2.24) is 19.0 Å². The standard InChI is InChI=1S/C31H30N6O/c1-31(2)10-12-35(31)17-21-14-29(38)37(18-21)26-8-9-27-24(15-26)20-34-19-23(22-4-6-25(32-3)7-5-22)16-28(34)30-33-11-13-36(27)30/h4-9,11,13,15-16,19,21H,10,12,14,17-18,20H2,1-2H3/t21-/m1/s1. The number of aromatic nitrogens is 3. The minimum atomic E-state index is 0.219. The Labute approximate surface area is 222 Å². The van der Waals surface area contributed by atoms with E-state index >= 15 is 0 Å². The molecule has 1 atom stereocenters. The van der Waals surface area contributed by atoms with Crippen LogP contribution in [0.4, 0.5) is 11.4 Å². The minimum absolute atomic E-state index is 0.219. The molecule has 4 aromatic rings. The molecule has 1 amide bonds. The Morgan fingerprint density at radius 2 is 1.95 bits per heavy atom. The first-order chi connectivity index (χ1) is 18.4. The normalized spacial score (nSPS) is 19.8. The van der Waals surface area contributed by atoms with Crippen LogP contribution in [0.3, 0.4) is 0 Å². The third kappa shape index (κ3) is 3.67. The van der Waals surface area contributed by atoms with Gasteiger partial charge in [-0.15, -0.1) is 0 Å². The number of hydrogen-bond acceptors (Lipinski definition) is 3. The Bertz CT molecular complexity index is 1600. The molecular formula is C31H30N6O. The average Bonchev–Trinajstić information content (AvgIpc) is 3.64. The molecule has 3 aliphatic heterocycles. The largest absolute Gasteiger partial charge is 0.340 e. The Kier molecular flexibility index (Phi) is 5.11. The van der Waals surface area contributed by atoms with Gasteiger partial charge in [-0.25, -0.2) is 9.83 Å². The lowest BCUT2D eigenvalue weighted by Crippen LogP contribution is -2.57. The number of hydrogen-bond donors (Lipinski definition) is 0. The molecule has 7 rings (SSSR count). The van der Waals surface area contributed by atoms with E-state index < -0.39 is 0 Å². The predicted molar refractivity (Wildman–Crippen MR) is 149 cm³/mol. The highest BCUT2D eigenvalue weighted by molar-refractivity contribution is 5.96. The van der Waals surface area contributed by atoms with E-state index in [4.69, 9.17) is 11.6 Å². The summed E-state index contributed by atoms with van der Waals surface area (Å²) in [6.07, 6.45) is 7.85. The molecule has 190 valence electrons. The summed E-state index contributed by atoms with van der Waals surface area (Å²) < 4.78 is 4.39. The summed E-state index contributed by atoms with van der Waals surface area (Å²) in [4.78, 5) is 25.8. The molecule has 7 heteroatoms. The van der Waals surface area contributed by atoms with Crippen molar-refractivity contribution in [2.75, 3.05) is 24.5 Å². The quantitative estimate of drug-likeness (QED) is 0.294. The first-order valence-electron chi connectivity index (χ1n) is 13.3. The van der Waals surface area contributed by atoms with E-state index in [-0.39, 0.29) is 11.4 Å². The van der Waals surface area contributed by atoms with Gasteiger partial charge in [0.15, 0.2) is 11.5 Å². The number of benzene rings is 2. The van der Waals surface area contributed by atoms with Crippen LogP contribution in [0.15, 0.2) is 67.1 Å². The van der Waals surface area contributed by atoms with Gasteiger partial charge in [-0.3, -0.25) is 14.3 Å². The van der Waals surface area contributed by atoms with Crippen molar-refractivity contribution in [3.05, 3.63) is 84.1 Å². The summed E-state index contributed by atoms with van der Waals surface area (Å²) in [7, 11) is 0. The topological polar surface area (TPSA) is 50.7 Å². The average molecular weight is 503 g/mol. The number of fused-ring (bicyclic) bond motifs is 5. The molecule has 0 N–H and O–H groups in total. The molecule has 0 aliphatic carbocycles. The van der Waals surface area contributed by atoms with Crippen molar-refractivity contribution in [2.24, 2.45) is 5.92 Å². The van der Waals surface area contributed by atoms with E-state index in [2.05, 4.69) is 63.2 Å². The van der Waals surface area contributed by atoms with E-state index in [1.54, 1.807) is 0 Å². The molecule has 0 spiro atoms. The second-order valence-electron chi connectivity index (χ2n) is 11.4. The van der Waals surface area contributed by atoms with Crippen molar-refractivity contribution in [3.8, 4) is 28.3 Å². The van der Waals surface area contributed by atoms with E-state index in [1.807, 2.05) is 41.6 Å². The smallest absolute Gasteiger partial charge is 0.227 e. The fraction of sp³-hybridized carbons (Fsp3) is 0.323. The number of carbonyl (C=O) groups is 1. The van der Waals surface area contributed by atoms with Crippen molar-refractivity contribution < 1.29 is 4.79 Å². The molecule has 5 heterocycles. The molecule has 0 unspecified atom stereocenters. The Morgan fingerprint density at radius 1 is 1.11 bits per heavy atom. The molecule has 0 saturated carbocycles. The Balaban J connectivity index is 1.20. The summed E-state index contributed by atoms with van der Waals surface area (Å²) in [5, 5.41) is 0. The molecule has 2 saturated heterocycles. The van der Waals surface area contributed by atoms with Gasteiger partial charge in [0.1, 0.15) is 0 Å². The van der Waals surface area contributed by atoms with Gasteiger partial charge in [0, 0.05) is 68.0 Å². The minimum Gasteiger partial charge on any atom is -0.340 e. The monoisotopic (exact) mass is 502 g/mol. The van der Waals surface area contributed by atoms with Crippen LogP contribution in [0.2, 0.25) is 0 Å². The van der Waals surface area contributed by atoms with Gasteiger partial charge in [0.2, 0.25) is 5.91 Å². The molecule has 2 aromatic carbocycles. The zero-order chi connectivity index (χ0) is 26.0. The van der Waals surface area contributed by atoms with Gasteiger partial charge in [-0.1, -0.05) is 24.3 Å². The Morgan fingerprint density at radius 3 is 2.68 bits per heavy atom. The van der Waals surface area contributed by atoms with Gasteiger partial charge in [-0.05, 0) is 61.6 Å². The van der Waals surface area contributed by atoms with Crippen LogP contribution in [0.5, 0.6) is 0 Å². The van der Waals surface area contributed by atoms with Crippen molar-refractivity contribution >= 4 is 17.3 Å². The molecule has 0 radical (unpaired) electrons. The highest BCUT2D eigenvalue weighted by atomic mass is 16.2. The maximum atomic E-state index is 13.1. The van der Waals surface area contributed by atoms with Gasteiger partial charge in [0.05, 0.1) is 18.0 Å². The maximum absolute atomic E-state index is 13.1. The third-order valence-corrected chi connectivity index (χ3v) is 8.60. The SMILES string of the molecule is [C-]#[N+]c1ccc(-c2cc3n(c2)Cc2cc(N4C[C@@H](CN5CCC5(C)C)CC4=O)ccc2-n2ccnc2-3)cc1.